The smallest absolute Gasteiger partial charge is 0.338 e. The van der Waals surface area contributed by atoms with Gasteiger partial charge in [-0.15, -0.1) is 0 Å². The first-order valence-electron chi connectivity index (χ1n) is 37.4. The molecule has 22 nitrogen and oxygen atoms in total. The van der Waals surface area contributed by atoms with Gasteiger partial charge in [-0.2, -0.15) is 0 Å². The Morgan fingerprint density at radius 2 is 0.509 bits per heavy atom. The van der Waals surface area contributed by atoms with Crippen LogP contribution in [0, 0.1) is 10.1 Å². The minimum atomic E-state index is -1.37. The molecule has 0 amide bonds. The van der Waals surface area contributed by atoms with Crippen LogP contribution in [0.25, 0.3) is 0 Å². The third kappa shape index (κ3) is 23.3. The van der Waals surface area contributed by atoms with Gasteiger partial charge in [0.1, 0.15) is 86.5 Å². The van der Waals surface area contributed by atoms with E-state index in [1.807, 2.05) is 273 Å². The van der Waals surface area contributed by atoms with Crippen LogP contribution in [0.1, 0.15) is 60.4 Å². The molecule has 0 bridgehead atoms. The van der Waals surface area contributed by atoms with Crippen molar-refractivity contribution in [2.75, 3.05) is 26.4 Å². The van der Waals surface area contributed by atoms with Crippen molar-refractivity contribution in [3.8, 4) is 0 Å². The SMILES string of the molecule is O=C(O)CO[C@@H]1O[C@H](CO[C@@H]2O[C@H](CO[C@@H]3O[C@H](COC(=O)c4ccc([N+](=O)[O-])cc4)[C@@H](OCc4ccccc4)[C@H](OCc4ccccc4)[C@H]3OCc3ccccc3)[C@@H](OCc3ccccc3)[C@H](OCc3ccccc3)[C@H]2OCc2ccccc2)[C@@H](OCc2ccccc2)[C@H](OCc2ccccc2)[C@H]1OCc1ccccc1. The molecule has 3 saturated heterocycles. The third-order valence-corrected chi connectivity index (χ3v) is 19.3. The number of nitro benzene ring substituents is 1. The highest BCUT2D eigenvalue weighted by atomic mass is 16.8. The number of carbonyl (C=O) groups is 2. The number of nitrogens with zero attached hydrogens (tertiary/aromatic N) is 1. The third-order valence-electron chi connectivity index (χ3n) is 19.3. The van der Waals surface area contributed by atoms with Crippen molar-refractivity contribution in [3.05, 3.63) is 363 Å². The molecule has 15 atom stereocenters. The van der Waals surface area contributed by atoms with Crippen molar-refractivity contribution < 1.29 is 95.4 Å². The predicted molar refractivity (Wildman–Crippen MR) is 410 cm³/mol. The van der Waals surface area contributed by atoms with E-state index >= 15 is 0 Å². The standard InChI is InChI=1S/C90H91NO21/c92-77(93)62-109-90-86(105-58-71-44-26-9-27-45-71)83(102-55-68-38-20-6-21-39-68)80(99-52-65-32-14-3-15-33-65)76(112-90)61-108-89-85(104-57-70-42-24-8-25-43-70)82(101-54-67-36-18-5-19-37-67)79(98-51-64-30-12-2-13-31-64)75(111-89)60-107-88-84(103-56-69-40-22-7-23-41-69)81(100-53-66-34-16-4-17-35-66)78(97-50-63-28-10-1-11-29-63)74(110-88)59-106-87(94)72-46-48-73(49-47-72)91(95)96/h1-49,74-76,78-86,88-90H,50-62H2,(H,92,93)/t74-,75-,76-,78-,79-,80-,81+,82+,83+,84-,85-,86-,88-,89-,90-/m1/s1. The Bertz CT molecular complexity index is 4380. The number of carbonyl (C=O) groups excluding carboxylic acids is 1. The first-order chi connectivity index (χ1) is 55.1. The van der Waals surface area contributed by atoms with Gasteiger partial charge in [0.15, 0.2) is 18.9 Å². The summed E-state index contributed by atoms with van der Waals surface area (Å²) in [4.78, 5) is 37.9. The van der Waals surface area contributed by atoms with E-state index in [1.165, 1.54) is 24.3 Å². The molecule has 3 fully saturated rings. The monoisotopic (exact) mass is 1520 g/mol. The number of rotatable bonds is 40. The van der Waals surface area contributed by atoms with E-state index in [9.17, 15) is 24.8 Å². The molecule has 0 aromatic heterocycles. The van der Waals surface area contributed by atoms with Crippen LogP contribution in [-0.2, 0) is 140 Å². The molecule has 0 saturated carbocycles. The minimum Gasteiger partial charge on any atom is -0.480 e. The van der Waals surface area contributed by atoms with Crippen LogP contribution in [0.4, 0.5) is 5.69 Å². The van der Waals surface area contributed by atoms with Crippen molar-refractivity contribution in [2.24, 2.45) is 0 Å². The van der Waals surface area contributed by atoms with Gasteiger partial charge >= 0.3 is 11.9 Å². The van der Waals surface area contributed by atoms with Gasteiger partial charge in [0.05, 0.1) is 83.2 Å². The highest BCUT2D eigenvalue weighted by Crippen LogP contribution is 2.38. The van der Waals surface area contributed by atoms with Gasteiger partial charge in [0, 0.05) is 12.1 Å². The molecular formula is C90H91NO21. The second kappa shape index (κ2) is 42.0. The van der Waals surface area contributed by atoms with Crippen LogP contribution in [0.15, 0.2) is 297 Å². The maximum atomic E-state index is 14.2. The summed E-state index contributed by atoms with van der Waals surface area (Å²) in [5.74, 6) is -2.02. The number of hydrogen-bond donors (Lipinski definition) is 1. The molecule has 0 radical (unpaired) electrons. The zero-order valence-electron chi connectivity index (χ0n) is 61.7. The molecule has 10 aromatic carbocycles. The lowest BCUT2D eigenvalue weighted by Gasteiger charge is -2.48. The molecule has 0 unspecified atom stereocenters. The van der Waals surface area contributed by atoms with E-state index in [-0.39, 0.29) is 83.9 Å². The van der Waals surface area contributed by atoms with Crippen molar-refractivity contribution >= 4 is 17.6 Å². The summed E-state index contributed by atoms with van der Waals surface area (Å²) in [5.41, 5.74) is 7.39. The lowest BCUT2D eigenvalue weighted by molar-refractivity contribution is -0.384. The summed E-state index contributed by atoms with van der Waals surface area (Å²) >= 11 is 0. The molecular weight excluding hydrogens is 1430 g/mol. The molecule has 0 aliphatic carbocycles. The minimum absolute atomic E-state index is 0.0547. The number of hydrogen-bond acceptors (Lipinski definition) is 20. The van der Waals surface area contributed by atoms with Gasteiger partial charge in [-0.25, -0.2) is 9.59 Å². The average Bonchev–Trinajstić information content (AvgIpc) is 0.782. The largest absolute Gasteiger partial charge is 0.480 e. The van der Waals surface area contributed by atoms with Gasteiger partial charge in [0.2, 0.25) is 0 Å². The van der Waals surface area contributed by atoms with E-state index in [0.717, 1.165) is 50.1 Å². The summed E-state index contributed by atoms with van der Waals surface area (Å²) < 4.78 is 112. The Labute approximate surface area is 650 Å². The van der Waals surface area contributed by atoms with Gasteiger partial charge in [-0.05, 0) is 62.2 Å². The highest BCUT2D eigenvalue weighted by molar-refractivity contribution is 5.89. The molecule has 22 heteroatoms. The van der Waals surface area contributed by atoms with E-state index in [4.69, 9.17) is 75.8 Å². The van der Waals surface area contributed by atoms with E-state index in [0.29, 0.717) is 0 Å². The Kier molecular flexibility index (Phi) is 30.0. The highest BCUT2D eigenvalue weighted by Gasteiger charge is 2.55. The predicted octanol–water partition coefficient (Wildman–Crippen LogP) is 14.3. The molecule has 3 aliphatic heterocycles. The number of carboxylic acid groups (broad SMARTS) is 1. The number of ether oxygens (including phenoxy) is 16. The Balaban J connectivity index is 0.895. The fourth-order valence-electron chi connectivity index (χ4n) is 13.5. The molecule has 1 N–H and O–H groups in total. The maximum absolute atomic E-state index is 14.2. The van der Waals surface area contributed by atoms with Crippen LogP contribution in [0.5, 0.6) is 0 Å². The number of non-ortho nitro benzene ring substituents is 1. The fourth-order valence-corrected chi connectivity index (χ4v) is 13.5. The first kappa shape index (κ1) is 80.0. The fraction of sp³-hybridized carbons (Fsp3) is 0.311. The molecule has 582 valence electrons. The van der Waals surface area contributed by atoms with Crippen LogP contribution >= 0.6 is 0 Å². The summed E-state index contributed by atoms with van der Waals surface area (Å²) in [6.45, 7) is -1.17. The van der Waals surface area contributed by atoms with Crippen LogP contribution < -0.4 is 0 Å². The first-order valence-corrected chi connectivity index (χ1v) is 37.4. The molecule has 3 aliphatic rings. The number of carboxylic acids is 1. The zero-order valence-corrected chi connectivity index (χ0v) is 61.7. The van der Waals surface area contributed by atoms with E-state index in [2.05, 4.69) is 0 Å². The topological polar surface area (TPSA) is 245 Å². The van der Waals surface area contributed by atoms with Gasteiger partial charge < -0.3 is 80.9 Å². The molecule has 0 spiro atoms. The molecule has 3 heterocycles. The Morgan fingerprint density at radius 1 is 0.286 bits per heavy atom. The van der Waals surface area contributed by atoms with Crippen LogP contribution in [0.2, 0.25) is 0 Å². The quantitative estimate of drug-likeness (QED) is 0.0213. The summed E-state index contributed by atoms with van der Waals surface area (Å²) in [6, 6.07) is 91.8. The second-order valence-corrected chi connectivity index (χ2v) is 27.3. The summed E-state index contributed by atoms with van der Waals surface area (Å²) in [7, 11) is 0. The van der Waals surface area contributed by atoms with Gasteiger partial charge in [0.25, 0.3) is 5.69 Å². The summed E-state index contributed by atoms with van der Waals surface area (Å²) in [6.07, 6.45) is -16.9. The van der Waals surface area contributed by atoms with Gasteiger partial charge in [-0.1, -0.05) is 273 Å². The number of nitro groups is 1. The molecule has 13 rings (SSSR count). The average molecular weight is 1520 g/mol. The van der Waals surface area contributed by atoms with Crippen LogP contribution in [-0.4, -0.2) is 141 Å². The molecule has 10 aromatic rings. The second-order valence-electron chi connectivity index (χ2n) is 27.3. The molecule has 112 heavy (non-hydrogen) atoms. The van der Waals surface area contributed by atoms with Gasteiger partial charge in [-0.3, -0.25) is 10.1 Å². The van der Waals surface area contributed by atoms with Crippen molar-refractivity contribution in [3.63, 3.8) is 0 Å². The van der Waals surface area contributed by atoms with E-state index in [1.54, 1.807) is 0 Å². The summed E-state index contributed by atoms with van der Waals surface area (Å²) in [5, 5.41) is 22.0. The number of esters is 1. The Hall–Kier alpha value is -10.1. The maximum Gasteiger partial charge on any atom is 0.338 e. The zero-order chi connectivity index (χ0) is 76.9. The number of aliphatic carboxylic acids is 1. The van der Waals surface area contributed by atoms with Crippen molar-refractivity contribution in [1.82, 2.24) is 0 Å². The lowest BCUT2D eigenvalue weighted by atomic mass is 9.96. The van der Waals surface area contributed by atoms with Crippen molar-refractivity contribution in [1.29, 1.82) is 0 Å². The van der Waals surface area contributed by atoms with Crippen molar-refractivity contribution in [2.45, 2.75) is 152 Å². The lowest BCUT2D eigenvalue weighted by Crippen LogP contribution is -2.65. The Morgan fingerprint density at radius 3 is 0.750 bits per heavy atom. The number of benzene rings is 10. The van der Waals surface area contributed by atoms with Crippen LogP contribution in [0.3, 0.4) is 0 Å². The normalized spacial score (nSPS) is 23.7. The van der Waals surface area contributed by atoms with E-state index < -0.39 is 122 Å².